The summed E-state index contributed by atoms with van der Waals surface area (Å²) >= 11 is 0. The van der Waals surface area contributed by atoms with E-state index in [0.29, 0.717) is 5.56 Å². The Bertz CT molecular complexity index is 702. The van der Waals surface area contributed by atoms with Crippen molar-refractivity contribution in [1.29, 1.82) is 0 Å². The third-order valence-corrected chi connectivity index (χ3v) is 5.35. The van der Waals surface area contributed by atoms with Gasteiger partial charge in [-0.3, -0.25) is 0 Å². The van der Waals surface area contributed by atoms with Crippen molar-refractivity contribution in [3.8, 4) is 5.75 Å². The molecule has 0 amide bonds. The van der Waals surface area contributed by atoms with Crippen LogP contribution < -0.4 is 4.74 Å². The Morgan fingerprint density at radius 2 is 1.29 bits per heavy atom. The predicted octanol–water partition coefficient (Wildman–Crippen LogP) is -3.82. The van der Waals surface area contributed by atoms with Crippen molar-refractivity contribution in [2.45, 2.75) is 68.0 Å². The number of aliphatic hydroxyl groups excluding tert-OH is 8. The summed E-state index contributed by atoms with van der Waals surface area (Å²) in [5.74, 6) is 0.178. The number of hydrogen-bond donors (Lipinski definition) is 8. The Morgan fingerprint density at radius 1 is 0.710 bits per heavy atom. The summed E-state index contributed by atoms with van der Waals surface area (Å²) in [6.45, 7) is -1.70. The Labute approximate surface area is 177 Å². The van der Waals surface area contributed by atoms with Crippen LogP contribution in [0.15, 0.2) is 24.3 Å². The second-order valence-electron chi connectivity index (χ2n) is 7.39. The van der Waals surface area contributed by atoms with Gasteiger partial charge in [-0.25, -0.2) is 0 Å². The van der Waals surface area contributed by atoms with Gasteiger partial charge in [0.2, 0.25) is 6.29 Å². The van der Waals surface area contributed by atoms with Crippen LogP contribution >= 0.6 is 0 Å². The highest BCUT2D eigenvalue weighted by molar-refractivity contribution is 5.32. The molecule has 2 saturated heterocycles. The summed E-state index contributed by atoms with van der Waals surface area (Å²) in [5.41, 5.74) is 0.388. The van der Waals surface area contributed by atoms with Gasteiger partial charge in [0, 0.05) is 5.56 Å². The van der Waals surface area contributed by atoms with Crippen LogP contribution in [0.1, 0.15) is 5.56 Å². The van der Waals surface area contributed by atoms with Crippen molar-refractivity contribution in [2.24, 2.45) is 0 Å². The quantitative estimate of drug-likeness (QED) is 0.203. The molecule has 2 aliphatic rings. The molecule has 3 rings (SSSR count). The number of rotatable bonds is 7. The molecule has 1 aromatic carbocycles. The third kappa shape index (κ3) is 4.99. The molecular weight excluding hydrogens is 420 g/mol. The zero-order chi connectivity index (χ0) is 22.7. The highest BCUT2D eigenvalue weighted by Crippen LogP contribution is 2.31. The lowest BCUT2D eigenvalue weighted by atomic mass is 9.97. The van der Waals surface area contributed by atoms with Crippen LogP contribution in [0, 0.1) is 0 Å². The van der Waals surface area contributed by atoms with Gasteiger partial charge >= 0.3 is 0 Å². The monoisotopic (exact) mass is 448 g/mol. The minimum absolute atomic E-state index is 0.178. The van der Waals surface area contributed by atoms with Crippen molar-refractivity contribution in [3.63, 3.8) is 0 Å². The molecule has 0 unspecified atom stereocenters. The molecule has 31 heavy (non-hydrogen) atoms. The average Bonchev–Trinajstić information content (AvgIpc) is 2.78. The lowest BCUT2D eigenvalue weighted by molar-refractivity contribution is -0.358. The van der Waals surface area contributed by atoms with Crippen LogP contribution in [0.2, 0.25) is 0 Å². The number of benzene rings is 1. The summed E-state index contributed by atoms with van der Waals surface area (Å²) in [7, 11) is 0. The molecule has 1 aromatic rings. The van der Waals surface area contributed by atoms with Gasteiger partial charge in [-0.05, 0) is 6.07 Å². The molecule has 0 saturated carbocycles. The molecule has 176 valence electrons. The van der Waals surface area contributed by atoms with Crippen molar-refractivity contribution < 1.29 is 59.8 Å². The van der Waals surface area contributed by atoms with E-state index in [4.69, 9.17) is 18.9 Å². The fourth-order valence-corrected chi connectivity index (χ4v) is 3.51. The van der Waals surface area contributed by atoms with Gasteiger partial charge in [-0.15, -0.1) is 0 Å². The summed E-state index contributed by atoms with van der Waals surface area (Å²) in [6, 6.07) is 6.39. The third-order valence-electron chi connectivity index (χ3n) is 5.35. The topological polar surface area (TPSA) is 199 Å². The zero-order valence-electron chi connectivity index (χ0n) is 16.4. The predicted molar refractivity (Wildman–Crippen MR) is 99.4 cm³/mol. The number of ether oxygens (including phenoxy) is 4. The Kier molecular flexibility index (Phi) is 8.18. The number of hydrogen-bond acceptors (Lipinski definition) is 12. The second kappa shape index (κ2) is 10.5. The average molecular weight is 448 g/mol. The van der Waals surface area contributed by atoms with E-state index in [0.717, 1.165) is 0 Å². The highest BCUT2D eigenvalue weighted by atomic mass is 16.8. The van der Waals surface area contributed by atoms with E-state index in [2.05, 4.69) is 0 Å². The van der Waals surface area contributed by atoms with E-state index in [1.54, 1.807) is 18.2 Å². The zero-order valence-corrected chi connectivity index (χ0v) is 16.4. The van der Waals surface area contributed by atoms with E-state index in [-0.39, 0.29) is 12.4 Å². The largest absolute Gasteiger partial charge is 0.462 e. The molecule has 12 nitrogen and oxygen atoms in total. The Hall–Kier alpha value is -1.42. The van der Waals surface area contributed by atoms with Crippen molar-refractivity contribution in [2.75, 3.05) is 13.2 Å². The molecule has 12 heteroatoms. The Balaban J connectivity index is 1.85. The fraction of sp³-hybridized carbons (Fsp3) is 0.684. The van der Waals surface area contributed by atoms with Gasteiger partial charge in [0.1, 0.15) is 48.5 Å². The minimum Gasteiger partial charge on any atom is -0.462 e. The lowest BCUT2D eigenvalue weighted by Crippen LogP contribution is -2.65. The van der Waals surface area contributed by atoms with Gasteiger partial charge in [-0.1, -0.05) is 18.2 Å². The number of aliphatic hydroxyl groups is 8. The van der Waals surface area contributed by atoms with Gasteiger partial charge in [0.25, 0.3) is 0 Å². The van der Waals surface area contributed by atoms with E-state index in [9.17, 15) is 40.9 Å². The highest BCUT2D eigenvalue weighted by Gasteiger charge is 2.51. The number of para-hydroxylation sites is 1. The van der Waals surface area contributed by atoms with Crippen LogP contribution in [-0.4, -0.2) is 115 Å². The first-order chi connectivity index (χ1) is 14.8. The van der Waals surface area contributed by atoms with Crippen molar-refractivity contribution in [3.05, 3.63) is 29.8 Å². The maximum Gasteiger partial charge on any atom is 0.229 e. The summed E-state index contributed by atoms with van der Waals surface area (Å²) < 4.78 is 22.1. The summed E-state index contributed by atoms with van der Waals surface area (Å²) in [5, 5.41) is 79.2. The smallest absolute Gasteiger partial charge is 0.229 e. The Morgan fingerprint density at radius 3 is 1.90 bits per heavy atom. The molecular formula is C19H28O12. The molecule has 0 aliphatic carbocycles. The molecule has 0 bridgehead atoms. The van der Waals surface area contributed by atoms with Crippen LogP contribution in [0.25, 0.3) is 0 Å². The first kappa shape index (κ1) is 24.2. The summed E-state index contributed by atoms with van der Waals surface area (Å²) in [4.78, 5) is 0. The lowest BCUT2D eigenvalue weighted by Gasteiger charge is -2.45. The van der Waals surface area contributed by atoms with E-state index < -0.39 is 74.6 Å². The van der Waals surface area contributed by atoms with Gasteiger partial charge in [0.15, 0.2) is 12.4 Å². The molecule has 0 radical (unpaired) electrons. The van der Waals surface area contributed by atoms with Gasteiger partial charge in [0.05, 0.1) is 19.8 Å². The molecule has 0 spiro atoms. The molecule has 8 N–H and O–H groups in total. The van der Waals surface area contributed by atoms with Crippen LogP contribution in [-0.2, 0) is 20.8 Å². The van der Waals surface area contributed by atoms with Crippen LogP contribution in [0.5, 0.6) is 5.75 Å². The van der Waals surface area contributed by atoms with E-state index >= 15 is 0 Å². The van der Waals surface area contributed by atoms with Crippen molar-refractivity contribution >= 4 is 0 Å². The van der Waals surface area contributed by atoms with E-state index in [1.165, 1.54) is 6.07 Å². The maximum atomic E-state index is 10.6. The fourth-order valence-electron chi connectivity index (χ4n) is 3.51. The van der Waals surface area contributed by atoms with Gasteiger partial charge < -0.3 is 59.8 Å². The normalized spacial score (nSPS) is 41.2. The van der Waals surface area contributed by atoms with Crippen LogP contribution in [0.3, 0.4) is 0 Å². The molecule has 2 aliphatic heterocycles. The maximum absolute atomic E-state index is 10.6. The van der Waals surface area contributed by atoms with Gasteiger partial charge in [-0.2, -0.15) is 0 Å². The van der Waals surface area contributed by atoms with Crippen molar-refractivity contribution in [1.82, 2.24) is 0 Å². The second-order valence-corrected chi connectivity index (χ2v) is 7.39. The first-order valence-electron chi connectivity index (χ1n) is 9.76. The molecule has 2 heterocycles. The van der Waals surface area contributed by atoms with E-state index in [1.807, 2.05) is 0 Å². The first-order valence-corrected chi connectivity index (χ1v) is 9.76. The molecule has 2 fully saturated rings. The molecule has 10 atom stereocenters. The SMILES string of the molecule is OCc1ccccc1O[C@@H]1O[C@H](CO)[C@@H](O)[C@H](O)[C@H]1O[C@@H]1O[C@H](CO)[C@@H](O)[C@H](O)[C@H]1O. The standard InChI is InChI=1S/C19H28O12/c20-5-8-3-1-2-4-9(8)28-19-17(15(26)13(24)11(7-22)30-19)31-18-16(27)14(25)12(23)10(6-21)29-18/h1-4,10-27H,5-7H2/t10-,11-,12-,13-,14+,15+,16-,17-,18+,19-/m1/s1. The minimum atomic E-state index is -1.76. The molecule has 0 aromatic heterocycles. The van der Waals surface area contributed by atoms with Crippen LogP contribution in [0.4, 0.5) is 0 Å². The summed E-state index contributed by atoms with van der Waals surface area (Å²) in [6.07, 6.45) is -15.4.